The Morgan fingerprint density at radius 3 is 2.95 bits per heavy atom. The van der Waals surface area contributed by atoms with Crippen molar-refractivity contribution in [3.63, 3.8) is 0 Å². The highest BCUT2D eigenvalue weighted by Gasteiger charge is 2.19. The summed E-state index contributed by atoms with van der Waals surface area (Å²) < 4.78 is 6.17. The summed E-state index contributed by atoms with van der Waals surface area (Å²) in [6.07, 6.45) is 3.41. The smallest absolute Gasteiger partial charge is 0.265 e. The van der Waals surface area contributed by atoms with E-state index in [1.807, 2.05) is 24.3 Å². The van der Waals surface area contributed by atoms with Crippen LogP contribution in [0.3, 0.4) is 0 Å². The van der Waals surface area contributed by atoms with E-state index in [1.165, 1.54) is 16.9 Å². The van der Waals surface area contributed by atoms with Crippen molar-refractivity contribution in [2.45, 2.75) is 19.3 Å². The van der Waals surface area contributed by atoms with Crippen molar-refractivity contribution in [3.8, 4) is 5.75 Å². The van der Waals surface area contributed by atoms with E-state index in [0.29, 0.717) is 11.4 Å². The Morgan fingerprint density at radius 1 is 1.35 bits per heavy atom. The van der Waals surface area contributed by atoms with Gasteiger partial charge in [0.2, 0.25) is 0 Å². The Kier molecular flexibility index (Phi) is 3.81. The Balaban J connectivity index is 1.83. The lowest BCUT2D eigenvalue weighted by atomic mass is 10.2. The monoisotopic (exact) mass is 351 g/mol. The van der Waals surface area contributed by atoms with Crippen molar-refractivity contribution in [1.82, 2.24) is 0 Å². The van der Waals surface area contributed by atoms with Crippen molar-refractivity contribution >= 4 is 38.9 Å². The van der Waals surface area contributed by atoms with Crippen LogP contribution in [0.5, 0.6) is 5.75 Å². The zero-order chi connectivity index (χ0) is 14.1. The molecule has 0 saturated heterocycles. The van der Waals surface area contributed by atoms with Crippen LogP contribution in [0.15, 0.2) is 28.7 Å². The summed E-state index contributed by atoms with van der Waals surface area (Å²) in [6.45, 7) is 0. The van der Waals surface area contributed by atoms with Crippen LogP contribution >= 0.6 is 27.3 Å². The van der Waals surface area contributed by atoms with Crippen LogP contribution in [-0.2, 0) is 12.8 Å². The number of thiophene rings is 1. The lowest BCUT2D eigenvalue weighted by molar-refractivity contribution is 0.103. The maximum absolute atomic E-state index is 12.3. The zero-order valence-electron chi connectivity index (χ0n) is 11.0. The van der Waals surface area contributed by atoms with E-state index in [2.05, 4.69) is 21.2 Å². The molecule has 1 N–H and O–H groups in total. The molecular formula is C15H14BrNO2S. The summed E-state index contributed by atoms with van der Waals surface area (Å²) in [4.78, 5) is 14.5. The van der Waals surface area contributed by atoms with Gasteiger partial charge in [0, 0.05) is 9.35 Å². The number of aryl methyl sites for hydroxylation is 2. The van der Waals surface area contributed by atoms with Gasteiger partial charge < -0.3 is 10.1 Å². The number of fused-ring (bicyclic) bond motifs is 1. The van der Waals surface area contributed by atoms with Crippen LogP contribution in [0.4, 0.5) is 5.69 Å². The Bertz CT molecular complexity index is 644. The molecule has 0 aliphatic heterocycles. The van der Waals surface area contributed by atoms with Gasteiger partial charge in [-0.15, -0.1) is 11.3 Å². The van der Waals surface area contributed by atoms with Crippen LogP contribution < -0.4 is 10.1 Å². The number of benzene rings is 1. The molecule has 1 aromatic carbocycles. The molecule has 20 heavy (non-hydrogen) atoms. The van der Waals surface area contributed by atoms with E-state index in [0.717, 1.165) is 22.2 Å². The highest BCUT2D eigenvalue weighted by molar-refractivity contribution is 9.10. The minimum atomic E-state index is -0.0687. The quantitative estimate of drug-likeness (QED) is 0.896. The topological polar surface area (TPSA) is 38.3 Å². The molecule has 0 unspecified atom stereocenters. The number of methoxy groups -OCH3 is 1. The van der Waals surface area contributed by atoms with Crippen molar-refractivity contribution in [2.75, 3.05) is 12.4 Å². The van der Waals surface area contributed by atoms with E-state index in [4.69, 9.17) is 4.74 Å². The van der Waals surface area contributed by atoms with E-state index in [-0.39, 0.29) is 5.91 Å². The number of amides is 1. The number of rotatable bonds is 3. The minimum absolute atomic E-state index is 0.0687. The molecule has 3 rings (SSSR count). The molecule has 1 aliphatic carbocycles. The fraction of sp³-hybridized carbons (Fsp3) is 0.267. The number of carbonyl (C=O) groups excluding carboxylic acids is 1. The first-order valence-corrected chi connectivity index (χ1v) is 8.05. The molecule has 0 atom stereocenters. The Hall–Kier alpha value is -1.33. The Morgan fingerprint density at radius 2 is 2.20 bits per heavy atom. The number of anilines is 1. The molecule has 0 saturated carbocycles. The molecule has 1 amide bonds. The molecular weight excluding hydrogens is 338 g/mol. The lowest BCUT2D eigenvalue weighted by Gasteiger charge is -2.09. The van der Waals surface area contributed by atoms with Gasteiger partial charge in [0.05, 0.1) is 17.7 Å². The first-order chi connectivity index (χ1) is 9.67. The van der Waals surface area contributed by atoms with Crippen molar-refractivity contribution in [3.05, 3.63) is 44.1 Å². The predicted octanol–water partition coefficient (Wildman–Crippen LogP) is 4.26. The first kappa shape index (κ1) is 13.6. The third-order valence-electron chi connectivity index (χ3n) is 3.38. The van der Waals surface area contributed by atoms with Crippen molar-refractivity contribution in [1.29, 1.82) is 0 Å². The van der Waals surface area contributed by atoms with Gasteiger partial charge in [-0.05, 0) is 49.1 Å². The fourth-order valence-corrected chi connectivity index (χ4v) is 3.91. The minimum Gasteiger partial charge on any atom is -0.495 e. The van der Waals surface area contributed by atoms with E-state index in [1.54, 1.807) is 18.4 Å². The van der Waals surface area contributed by atoms with Crippen molar-refractivity contribution < 1.29 is 9.53 Å². The molecule has 0 fully saturated rings. The van der Waals surface area contributed by atoms with E-state index < -0.39 is 0 Å². The molecule has 1 heterocycles. The number of nitrogens with one attached hydrogen (secondary N) is 1. The standard InChI is InChI=1S/C15H14BrNO2S/c1-19-12-6-5-10(16)8-11(12)17-15(18)14-7-9-3-2-4-13(9)20-14/h5-8H,2-4H2,1H3,(H,17,18). The van der Waals surface area contributed by atoms with E-state index >= 15 is 0 Å². The molecule has 1 aromatic heterocycles. The average molecular weight is 352 g/mol. The molecule has 5 heteroatoms. The highest BCUT2D eigenvalue weighted by Crippen LogP contribution is 2.32. The molecule has 0 spiro atoms. The van der Waals surface area contributed by atoms with Gasteiger partial charge in [0.1, 0.15) is 5.75 Å². The maximum atomic E-state index is 12.3. The van der Waals surface area contributed by atoms with Crippen LogP contribution in [0.2, 0.25) is 0 Å². The molecule has 1 aliphatic rings. The van der Waals surface area contributed by atoms with Gasteiger partial charge >= 0.3 is 0 Å². The predicted molar refractivity (Wildman–Crippen MR) is 85.0 cm³/mol. The second-order valence-electron chi connectivity index (χ2n) is 4.71. The van der Waals surface area contributed by atoms with Crippen LogP contribution in [0.1, 0.15) is 26.5 Å². The number of halogens is 1. The summed E-state index contributed by atoms with van der Waals surface area (Å²) in [5.74, 6) is 0.589. The third kappa shape index (κ3) is 2.60. The number of hydrogen-bond acceptors (Lipinski definition) is 3. The van der Waals surface area contributed by atoms with Gasteiger partial charge in [-0.1, -0.05) is 15.9 Å². The maximum Gasteiger partial charge on any atom is 0.265 e. The normalized spacial score (nSPS) is 13.1. The first-order valence-electron chi connectivity index (χ1n) is 6.44. The second-order valence-corrected chi connectivity index (χ2v) is 6.76. The van der Waals surface area contributed by atoms with Crippen LogP contribution in [0, 0.1) is 0 Å². The van der Waals surface area contributed by atoms with Crippen LogP contribution in [-0.4, -0.2) is 13.0 Å². The Labute approximate surface area is 130 Å². The summed E-state index contributed by atoms with van der Waals surface area (Å²) in [6, 6.07) is 7.58. The van der Waals surface area contributed by atoms with E-state index in [9.17, 15) is 4.79 Å². The molecule has 2 aromatic rings. The summed E-state index contributed by atoms with van der Waals surface area (Å²) in [7, 11) is 1.60. The van der Waals surface area contributed by atoms with Crippen LogP contribution in [0.25, 0.3) is 0 Å². The summed E-state index contributed by atoms with van der Waals surface area (Å²) in [5, 5.41) is 2.92. The summed E-state index contributed by atoms with van der Waals surface area (Å²) >= 11 is 5.01. The highest BCUT2D eigenvalue weighted by atomic mass is 79.9. The lowest BCUT2D eigenvalue weighted by Crippen LogP contribution is -2.11. The average Bonchev–Trinajstić information content (AvgIpc) is 2.99. The molecule has 3 nitrogen and oxygen atoms in total. The van der Waals surface area contributed by atoms with Gasteiger partial charge in [-0.25, -0.2) is 0 Å². The number of carbonyl (C=O) groups is 1. The molecule has 0 bridgehead atoms. The van der Waals surface area contributed by atoms with Gasteiger partial charge in [-0.2, -0.15) is 0 Å². The SMILES string of the molecule is COc1ccc(Br)cc1NC(=O)c1cc2c(s1)CCC2. The van der Waals surface area contributed by atoms with Gasteiger partial charge in [0.25, 0.3) is 5.91 Å². The van der Waals surface area contributed by atoms with Gasteiger partial charge in [0.15, 0.2) is 0 Å². The zero-order valence-corrected chi connectivity index (χ0v) is 13.4. The fourth-order valence-electron chi connectivity index (χ4n) is 2.40. The largest absolute Gasteiger partial charge is 0.495 e. The second kappa shape index (κ2) is 5.58. The molecule has 104 valence electrons. The summed E-state index contributed by atoms with van der Waals surface area (Å²) in [5.41, 5.74) is 2.02. The number of hydrogen-bond donors (Lipinski definition) is 1. The van der Waals surface area contributed by atoms with Gasteiger partial charge in [-0.3, -0.25) is 4.79 Å². The third-order valence-corrected chi connectivity index (χ3v) is 5.11. The number of ether oxygens (including phenoxy) is 1. The molecule has 0 radical (unpaired) electrons. The van der Waals surface area contributed by atoms with Crippen molar-refractivity contribution in [2.24, 2.45) is 0 Å².